The molecule has 0 amide bonds. The van der Waals surface area contributed by atoms with Gasteiger partial charge in [0, 0.05) is 39.7 Å². The van der Waals surface area contributed by atoms with Crippen LogP contribution in [0.2, 0.25) is 0 Å². The fraction of sp³-hybridized carbons (Fsp3) is 0.0645. The first-order valence-corrected chi connectivity index (χ1v) is 11.1. The molecule has 0 spiro atoms. The van der Waals surface area contributed by atoms with Crippen LogP contribution in [0.25, 0.3) is 52.7 Å². The van der Waals surface area contributed by atoms with E-state index in [9.17, 15) is 0 Å². The topological polar surface area (TPSA) is 9.86 Å². The number of benzene rings is 2. The molecule has 160 valence electrons. The molecular weight excluding hydrogens is 400 g/mol. The lowest BCUT2D eigenvalue weighted by atomic mass is 10.1. The van der Waals surface area contributed by atoms with Crippen molar-refractivity contribution in [3.05, 3.63) is 119 Å². The Morgan fingerprint density at radius 2 is 1.58 bits per heavy atom. The predicted octanol–water partition coefficient (Wildman–Crippen LogP) is 8.16. The Bertz CT molecular complexity index is 1560. The number of aromatic nitrogens is 2. The first kappa shape index (κ1) is 20.6. The van der Waals surface area contributed by atoms with Gasteiger partial charge in [-0.1, -0.05) is 56.2 Å². The zero-order chi connectivity index (χ0) is 23.1. The molecule has 0 aliphatic heterocycles. The van der Waals surface area contributed by atoms with Crippen LogP contribution >= 0.6 is 0 Å². The molecule has 0 fully saturated rings. The Balaban J connectivity index is 1.85. The van der Waals surface area contributed by atoms with Crippen molar-refractivity contribution < 1.29 is 0 Å². The zero-order valence-electron chi connectivity index (χ0n) is 19.1. The third kappa shape index (κ3) is 3.12. The maximum absolute atomic E-state index is 4.11. The van der Waals surface area contributed by atoms with Gasteiger partial charge in [-0.05, 0) is 67.5 Å². The minimum absolute atomic E-state index is 1.04. The van der Waals surface area contributed by atoms with E-state index in [4.69, 9.17) is 0 Å². The number of rotatable bonds is 5. The van der Waals surface area contributed by atoms with Gasteiger partial charge < -0.3 is 9.13 Å². The summed E-state index contributed by atoms with van der Waals surface area (Å²) in [6.45, 7) is 16.6. The number of fused-ring (bicyclic) bond motifs is 2. The molecular formula is C31H26N2. The van der Waals surface area contributed by atoms with E-state index in [1.165, 1.54) is 22.1 Å². The highest BCUT2D eigenvalue weighted by molar-refractivity contribution is 5.95. The molecule has 0 N–H and O–H groups in total. The molecule has 33 heavy (non-hydrogen) atoms. The third-order valence-electron chi connectivity index (χ3n) is 6.33. The van der Waals surface area contributed by atoms with Gasteiger partial charge in [-0.2, -0.15) is 0 Å². The smallest absolute Gasteiger partial charge is 0.0614 e. The van der Waals surface area contributed by atoms with Crippen LogP contribution in [0.1, 0.15) is 39.3 Å². The van der Waals surface area contributed by atoms with Crippen LogP contribution in [0.15, 0.2) is 80.1 Å². The van der Waals surface area contributed by atoms with E-state index >= 15 is 0 Å². The zero-order valence-corrected chi connectivity index (χ0v) is 19.1. The van der Waals surface area contributed by atoms with Crippen LogP contribution in [0.3, 0.4) is 0 Å². The number of aryl methyl sites for hydroxylation is 1. The summed E-state index contributed by atoms with van der Waals surface area (Å²) in [5.41, 5.74) is 14.5. The van der Waals surface area contributed by atoms with Gasteiger partial charge in [-0.3, -0.25) is 0 Å². The third-order valence-corrected chi connectivity index (χ3v) is 6.33. The van der Waals surface area contributed by atoms with E-state index in [2.05, 4.69) is 97.0 Å². The summed E-state index contributed by atoms with van der Waals surface area (Å²) >= 11 is 0. The lowest BCUT2D eigenvalue weighted by Crippen LogP contribution is -2.04. The highest BCUT2D eigenvalue weighted by atomic mass is 15.0. The highest BCUT2D eigenvalue weighted by Crippen LogP contribution is 2.35. The van der Waals surface area contributed by atoms with Gasteiger partial charge in [0.1, 0.15) is 0 Å². The summed E-state index contributed by atoms with van der Waals surface area (Å²) < 4.78 is 4.55. The maximum atomic E-state index is 4.11. The Kier molecular flexibility index (Phi) is 5.01. The molecule has 0 unspecified atom stereocenters. The SMILES string of the molecule is C=Cc1c(C=C)n(-c2cc(C)cc(-n3c(C=C)c(C)c4c3C=C=CC=C4)c2)c2ccccc12. The lowest BCUT2D eigenvalue weighted by Gasteiger charge is -2.16. The summed E-state index contributed by atoms with van der Waals surface area (Å²) in [6.07, 6.45) is 13.9. The maximum Gasteiger partial charge on any atom is 0.0614 e. The van der Waals surface area contributed by atoms with E-state index in [1.807, 2.05) is 36.5 Å². The van der Waals surface area contributed by atoms with Gasteiger partial charge in [0.05, 0.1) is 16.9 Å². The Morgan fingerprint density at radius 1 is 0.848 bits per heavy atom. The first-order valence-electron chi connectivity index (χ1n) is 11.1. The molecule has 0 radical (unpaired) electrons. The average Bonchev–Trinajstić information content (AvgIpc) is 3.16. The van der Waals surface area contributed by atoms with Crippen molar-refractivity contribution in [1.29, 1.82) is 0 Å². The van der Waals surface area contributed by atoms with Crippen molar-refractivity contribution >= 4 is 41.3 Å². The Hall–Kier alpha value is -4.26. The van der Waals surface area contributed by atoms with E-state index in [0.29, 0.717) is 0 Å². The highest BCUT2D eigenvalue weighted by Gasteiger charge is 2.19. The molecule has 1 aliphatic carbocycles. The number of hydrogen-bond acceptors (Lipinski definition) is 0. The first-order chi connectivity index (χ1) is 16.1. The van der Waals surface area contributed by atoms with Crippen LogP contribution in [0.5, 0.6) is 0 Å². The molecule has 1 aliphatic rings. The van der Waals surface area contributed by atoms with Crippen molar-refractivity contribution in [3.63, 3.8) is 0 Å². The van der Waals surface area contributed by atoms with Gasteiger partial charge in [0.15, 0.2) is 0 Å². The number of hydrogen-bond donors (Lipinski definition) is 0. The minimum Gasteiger partial charge on any atom is -0.309 e. The normalized spacial score (nSPS) is 12.1. The molecule has 0 saturated carbocycles. The summed E-state index contributed by atoms with van der Waals surface area (Å²) in [5.74, 6) is 0. The van der Waals surface area contributed by atoms with E-state index in [0.717, 1.165) is 39.5 Å². The second-order valence-corrected chi connectivity index (χ2v) is 8.27. The van der Waals surface area contributed by atoms with Gasteiger partial charge in [0.25, 0.3) is 0 Å². The molecule has 4 aromatic rings. The van der Waals surface area contributed by atoms with Crippen molar-refractivity contribution in [2.45, 2.75) is 13.8 Å². The quantitative estimate of drug-likeness (QED) is 0.285. The summed E-state index contributed by atoms with van der Waals surface area (Å²) in [5, 5.41) is 1.17. The molecule has 0 atom stereocenters. The summed E-state index contributed by atoms with van der Waals surface area (Å²) in [7, 11) is 0. The van der Waals surface area contributed by atoms with Crippen LogP contribution in [0, 0.1) is 13.8 Å². The van der Waals surface area contributed by atoms with Gasteiger partial charge >= 0.3 is 0 Å². The molecule has 2 aromatic heterocycles. The van der Waals surface area contributed by atoms with Crippen LogP contribution in [-0.2, 0) is 0 Å². The standard InChI is InChI=1S/C31H26N2/c1-6-25-27-15-12-13-17-31(27)33(29(25)8-3)24-19-21(4)18-23(20-24)32-28(7-2)22(5)26-14-10-9-11-16-30(26)32/h6-10,12-20H,1-3H2,4-5H3. The summed E-state index contributed by atoms with van der Waals surface area (Å²) in [6, 6.07) is 15.1. The predicted molar refractivity (Wildman–Crippen MR) is 144 cm³/mol. The fourth-order valence-corrected chi connectivity index (χ4v) is 4.93. The largest absolute Gasteiger partial charge is 0.309 e. The van der Waals surface area contributed by atoms with Crippen molar-refractivity contribution in [1.82, 2.24) is 9.13 Å². The average molecular weight is 427 g/mol. The van der Waals surface area contributed by atoms with Crippen LogP contribution in [-0.4, -0.2) is 9.13 Å². The van der Waals surface area contributed by atoms with E-state index in [-0.39, 0.29) is 0 Å². The minimum atomic E-state index is 1.04. The van der Waals surface area contributed by atoms with Crippen molar-refractivity contribution in [2.75, 3.05) is 0 Å². The number of allylic oxidation sites excluding steroid dienone is 2. The van der Waals surface area contributed by atoms with Crippen LogP contribution in [0.4, 0.5) is 0 Å². The van der Waals surface area contributed by atoms with E-state index in [1.54, 1.807) is 0 Å². The molecule has 2 heterocycles. The fourth-order valence-electron chi connectivity index (χ4n) is 4.93. The Morgan fingerprint density at radius 3 is 2.30 bits per heavy atom. The molecule has 2 aromatic carbocycles. The van der Waals surface area contributed by atoms with Gasteiger partial charge in [-0.25, -0.2) is 0 Å². The number of nitrogens with zero attached hydrogens (tertiary/aromatic N) is 2. The second kappa shape index (κ2) is 8.02. The molecule has 2 nitrogen and oxygen atoms in total. The second-order valence-electron chi connectivity index (χ2n) is 8.27. The van der Waals surface area contributed by atoms with E-state index < -0.39 is 0 Å². The molecule has 2 heteroatoms. The van der Waals surface area contributed by atoms with Gasteiger partial charge in [0.2, 0.25) is 0 Å². The van der Waals surface area contributed by atoms with Crippen LogP contribution < -0.4 is 0 Å². The van der Waals surface area contributed by atoms with Gasteiger partial charge in [-0.15, -0.1) is 5.73 Å². The Labute approximate surface area is 195 Å². The molecule has 5 rings (SSSR count). The lowest BCUT2D eigenvalue weighted by molar-refractivity contribution is 1.02. The summed E-state index contributed by atoms with van der Waals surface area (Å²) in [4.78, 5) is 0. The van der Waals surface area contributed by atoms with Crippen molar-refractivity contribution in [2.24, 2.45) is 0 Å². The number of para-hydroxylation sites is 1. The van der Waals surface area contributed by atoms with Crippen molar-refractivity contribution in [3.8, 4) is 11.4 Å². The monoisotopic (exact) mass is 426 g/mol. The molecule has 0 saturated heterocycles. The molecule has 0 bridgehead atoms.